The van der Waals surface area contributed by atoms with Gasteiger partial charge in [-0.3, -0.25) is 0 Å². The lowest BCUT2D eigenvalue weighted by molar-refractivity contribution is 0.529. The Hall–Kier alpha value is -3.26. The number of benzene rings is 4. The molecular weight excluding hydrogens is 374 g/mol. The Morgan fingerprint density at radius 3 is 1.10 bits per heavy atom. The summed E-state index contributed by atoms with van der Waals surface area (Å²) in [5, 5.41) is 0. The van der Waals surface area contributed by atoms with Crippen LogP contribution in [0.4, 0.5) is 8.78 Å². The van der Waals surface area contributed by atoms with Crippen molar-refractivity contribution in [1.82, 2.24) is 0 Å². The summed E-state index contributed by atoms with van der Waals surface area (Å²) in [6, 6.07) is 34.5. The Balaban J connectivity index is 1.75. The summed E-state index contributed by atoms with van der Waals surface area (Å²) >= 11 is 0. The van der Waals surface area contributed by atoms with Gasteiger partial charge in [0, 0.05) is 0 Å². The van der Waals surface area contributed by atoms with Crippen molar-refractivity contribution in [2.75, 3.05) is 0 Å². The number of rotatable bonds is 7. The Morgan fingerprint density at radius 2 is 0.767 bits per heavy atom. The summed E-state index contributed by atoms with van der Waals surface area (Å²) < 4.78 is 26.9. The van der Waals surface area contributed by atoms with Gasteiger partial charge in [0.25, 0.3) is 0 Å². The van der Waals surface area contributed by atoms with Gasteiger partial charge in [-0.25, -0.2) is 8.78 Å². The Kier molecular flexibility index (Phi) is 6.34. The molecule has 0 bridgehead atoms. The van der Waals surface area contributed by atoms with E-state index in [0.717, 1.165) is 24.0 Å². The first-order valence-corrected chi connectivity index (χ1v) is 10.3. The summed E-state index contributed by atoms with van der Waals surface area (Å²) in [7, 11) is 0. The van der Waals surface area contributed by atoms with Crippen LogP contribution in [0.15, 0.2) is 109 Å². The smallest absolute Gasteiger partial charge is 0.123 e. The lowest BCUT2D eigenvalue weighted by Crippen LogP contribution is -2.17. The quantitative estimate of drug-likeness (QED) is 0.306. The zero-order valence-corrected chi connectivity index (χ0v) is 16.7. The van der Waals surface area contributed by atoms with E-state index in [0.29, 0.717) is 0 Å². The van der Waals surface area contributed by atoms with E-state index in [-0.39, 0.29) is 23.5 Å². The maximum absolute atomic E-state index is 13.5. The van der Waals surface area contributed by atoms with Gasteiger partial charge in [0.05, 0.1) is 0 Å². The van der Waals surface area contributed by atoms with Crippen LogP contribution >= 0.6 is 0 Å². The third-order valence-electron chi connectivity index (χ3n) is 5.68. The molecule has 0 aliphatic heterocycles. The van der Waals surface area contributed by atoms with Gasteiger partial charge in [-0.1, -0.05) is 84.9 Å². The molecule has 0 aliphatic rings. The molecule has 0 saturated heterocycles. The largest absolute Gasteiger partial charge is 0.207 e. The molecule has 0 nitrogen and oxygen atoms in total. The van der Waals surface area contributed by atoms with Crippen molar-refractivity contribution >= 4 is 0 Å². The van der Waals surface area contributed by atoms with Crippen LogP contribution in [0.2, 0.25) is 0 Å². The molecule has 0 amide bonds. The molecule has 4 aromatic carbocycles. The van der Waals surface area contributed by atoms with Gasteiger partial charge in [0.15, 0.2) is 0 Å². The molecule has 2 unspecified atom stereocenters. The van der Waals surface area contributed by atoms with Crippen molar-refractivity contribution in [2.24, 2.45) is 0 Å². The predicted octanol–water partition coefficient (Wildman–Crippen LogP) is 7.32. The van der Waals surface area contributed by atoms with E-state index >= 15 is 0 Å². The fourth-order valence-corrected chi connectivity index (χ4v) is 4.13. The van der Waals surface area contributed by atoms with Crippen LogP contribution in [0.3, 0.4) is 0 Å². The van der Waals surface area contributed by atoms with Crippen LogP contribution in [-0.2, 0) is 12.8 Å². The highest BCUT2D eigenvalue weighted by molar-refractivity contribution is 5.33. The average Bonchev–Trinajstić information content (AvgIpc) is 2.80. The van der Waals surface area contributed by atoms with Crippen molar-refractivity contribution < 1.29 is 8.78 Å². The molecule has 2 atom stereocenters. The van der Waals surface area contributed by atoms with E-state index in [1.807, 2.05) is 36.4 Å². The van der Waals surface area contributed by atoms with Crippen LogP contribution < -0.4 is 0 Å². The number of halogens is 2. The Labute approximate surface area is 176 Å². The van der Waals surface area contributed by atoms with Gasteiger partial charge < -0.3 is 0 Å². The molecule has 150 valence electrons. The zero-order valence-electron chi connectivity index (χ0n) is 16.7. The monoisotopic (exact) mass is 398 g/mol. The Bertz CT molecular complexity index is 950. The standard InChI is InChI=1S/C28H24F2/c29-25-15-11-21(12-16-25)19-27(23-7-3-1-4-8-23)28(24-9-5-2-6-10-24)20-22-13-17-26(30)18-14-22/h1-18,27-28H,19-20H2. The second-order valence-corrected chi connectivity index (χ2v) is 7.70. The Morgan fingerprint density at radius 1 is 0.433 bits per heavy atom. The van der Waals surface area contributed by atoms with Gasteiger partial charge in [-0.05, 0) is 71.2 Å². The third-order valence-corrected chi connectivity index (χ3v) is 5.68. The highest BCUT2D eigenvalue weighted by atomic mass is 19.1. The van der Waals surface area contributed by atoms with Gasteiger partial charge in [0.2, 0.25) is 0 Å². The molecule has 0 fully saturated rings. The molecule has 4 aromatic rings. The van der Waals surface area contributed by atoms with Gasteiger partial charge in [-0.2, -0.15) is 0 Å². The van der Waals surface area contributed by atoms with E-state index in [1.165, 1.54) is 35.4 Å². The van der Waals surface area contributed by atoms with Gasteiger partial charge in [-0.15, -0.1) is 0 Å². The molecule has 0 heterocycles. The fraction of sp³-hybridized carbons (Fsp3) is 0.143. The summed E-state index contributed by atoms with van der Waals surface area (Å²) in [4.78, 5) is 0. The number of hydrogen-bond donors (Lipinski definition) is 0. The van der Waals surface area contributed by atoms with Crippen molar-refractivity contribution in [3.05, 3.63) is 143 Å². The zero-order chi connectivity index (χ0) is 20.8. The second-order valence-electron chi connectivity index (χ2n) is 7.70. The average molecular weight is 398 g/mol. The fourth-order valence-electron chi connectivity index (χ4n) is 4.13. The normalized spacial score (nSPS) is 13.0. The second kappa shape index (κ2) is 9.49. The van der Waals surface area contributed by atoms with E-state index in [2.05, 4.69) is 48.5 Å². The highest BCUT2D eigenvalue weighted by Crippen LogP contribution is 2.38. The summed E-state index contributed by atoms with van der Waals surface area (Å²) in [6.45, 7) is 0. The molecule has 2 heteroatoms. The molecule has 4 rings (SSSR count). The molecule has 0 saturated carbocycles. The van der Waals surface area contributed by atoms with Crippen molar-refractivity contribution in [1.29, 1.82) is 0 Å². The predicted molar refractivity (Wildman–Crippen MR) is 119 cm³/mol. The molecule has 0 aromatic heterocycles. The first-order chi connectivity index (χ1) is 14.7. The maximum Gasteiger partial charge on any atom is 0.123 e. The lowest BCUT2D eigenvalue weighted by Gasteiger charge is -2.29. The van der Waals surface area contributed by atoms with Crippen LogP contribution in [-0.4, -0.2) is 0 Å². The third kappa shape index (κ3) is 5.01. The van der Waals surface area contributed by atoms with E-state index in [9.17, 15) is 8.78 Å². The SMILES string of the molecule is Fc1ccc(CC(c2ccccc2)C(Cc2ccc(F)cc2)c2ccccc2)cc1. The number of hydrogen-bond acceptors (Lipinski definition) is 0. The van der Waals surface area contributed by atoms with Crippen LogP contribution in [0, 0.1) is 11.6 Å². The van der Waals surface area contributed by atoms with Crippen molar-refractivity contribution in [3.8, 4) is 0 Å². The summed E-state index contributed by atoms with van der Waals surface area (Å²) in [6.07, 6.45) is 1.59. The lowest BCUT2D eigenvalue weighted by atomic mass is 9.75. The first kappa shape index (κ1) is 20.0. The minimum Gasteiger partial charge on any atom is -0.207 e. The molecule has 0 N–H and O–H groups in total. The molecular formula is C28H24F2. The van der Waals surface area contributed by atoms with Crippen molar-refractivity contribution in [2.45, 2.75) is 24.7 Å². The summed E-state index contributed by atoms with van der Waals surface area (Å²) in [5.41, 5.74) is 4.70. The van der Waals surface area contributed by atoms with Crippen LogP contribution in [0.25, 0.3) is 0 Å². The van der Waals surface area contributed by atoms with E-state index < -0.39 is 0 Å². The minimum atomic E-state index is -0.221. The van der Waals surface area contributed by atoms with Crippen LogP contribution in [0.1, 0.15) is 34.1 Å². The van der Waals surface area contributed by atoms with Gasteiger partial charge in [0.1, 0.15) is 11.6 Å². The molecule has 0 spiro atoms. The maximum atomic E-state index is 13.5. The minimum absolute atomic E-state index is 0.198. The first-order valence-electron chi connectivity index (χ1n) is 10.3. The summed E-state index contributed by atoms with van der Waals surface area (Å²) in [5.74, 6) is -0.0462. The van der Waals surface area contributed by atoms with E-state index in [1.54, 1.807) is 0 Å². The molecule has 0 radical (unpaired) electrons. The van der Waals surface area contributed by atoms with Gasteiger partial charge >= 0.3 is 0 Å². The van der Waals surface area contributed by atoms with Crippen molar-refractivity contribution in [3.63, 3.8) is 0 Å². The highest BCUT2D eigenvalue weighted by Gasteiger charge is 2.25. The van der Waals surface area contributed by atoms with E-state index in [4.69, 9.17) is 0 Å². The molecule has 0 aliphatic carbocycles. The topological polar surface area (TPSA) is 0 Å². The van der Waals surface area contributed by atoms with Crippen LogP contribution in [0.5, 0.6) is 0 Å². The molecule has 30 heavy (non-hydrogen) atoms.